The molecule has 0 N–H and O–H groups in total. The third kappa shape index (κ3) is 20.0. The largest absolute Gasteiger partial charge is 0.455 e. The molecule has 6 rings (SSSR count). The van der Waals surface area contributed by atoms with Crippen molar-refractivity contribution in [3.8, 4) is 0 Å². The summed E-state index contributed by atoms with van der Waals surface area (Å²) in [6.45, 7) is 28.1. The highest BCUT2D eigenvalue weighted by Crippen LogP contribution is 2.29. The van der Waals surface area contributed by atoms with Crippen molar-refractivity contribution in [2.75, 3.05) is 0 Å². The van der Waals surface area contributed by atoms with Crippen LogP contribution in [0.25, 0.3) is 0 Å². The fourth-order valence-corrected chi connectivity index (χ4v) is 41.8. The molecule has 0 spiro atoms. The van der Waals surface area contributed by atoms with E-state index in [9.17, 15) is 0 Å². The zero-order valence-electron chi connectivity index (χ0n) is 49.3. The van der Waals surface area contributed by atoms with Crippen LogP contribution in [0, 0.1) is 0 Å². The van der Waals surface area contributed by atoms with Crippen LogP contribution in [0.5, 0.6) is 0 Å². The Bertz CT molecular complexity index is 2130. The van der Waals surface area contributed by atoms with Gasteiger partial charge >= 0.3 is 0 Å². The average molecular weight is 1110 g/mol. The monoisotopic (exact) mass is 1110 g/mol. The van der Waals surface area contributed by atoms with Crippen molar-refractivity contribution in [1.82, 2.24) is 0 Å². The molecule has 0 aliphatic heterocycles. The summed E-state index contributed by atoms with van der Waals surface area (Å²) >= 11 is 0. The molecule has 6 aromatic rings. The number of hydrogen-bond acceptors (Lipinski definition) is 3. The first-order chi connectivity index (χ1) is 36.1. The Labute approximate surface area is 466 Å². The number of benzene rings is 6. The summed E-state index contributed by atoms with van der Waals surface area (Å²) < 4.78 is 21.8. The second kappa shape index (κ2) is 33.1. The van der Waals surface area contributed by atoms with Crippen LogP contribution in [0.3, 0.4) is 0 Å². The lowest BCUT2D eigenvalue weighted by Gasteiger charge is -2.44. The van der Waals surface area contributed by atoms with E-state index in [1.54, 1.807) is 0 Å². The topological polar surface area (TPSA) is 27.7 Å². The summed E-state index contributed by atoms with van der Waals surface area (Å²) in [7, 11) is -11.7. The Morgan fingerprint density at radius 3 is 0.693 bits per heavy atom. The van der Waals surface area contributed by atoms with Crippen LogP contribution < -0.4 is 31.1 Å². The Hall–Kier alpha value is -3.50. The molecule has 0 aliphatic carbocycles. The second-order valence-electron chi connectivity index (χ2n) is 22.8. The van der Waals surface area contributed by atoms with E-state index in [1.807, 2.05) is 0 Å². The fourth-order valence-electron chi connectivity index (χ4n) is 10.9. The van der Waals surface area contributed by atoms with Crippen molar-refractivity contribution in [3.05, 3.63) is 182 Å². The van der Waals surface area contributed by atoms with Crippen molar-refractivity contribution in [2.24, 2.45) is 0 Å². The number of hydrogen-bond donors (Lipinski definition) is 0. The number of rotatable bonds is 30. The van der Waals surface area contributed by atoms with Crippen LogP contribution in [0.2, 0.25) is 75.5 Å². The molecular formula is C66H102O3Si6. The van der Waals surface area contributed by atoms with E-state index in [4.69, 9.17) is 12.3 Å². The van der Waals surface area contributed by atoms with Crippen molar-refractivity contribution in [2.45, 2.75) is 194 Å². The highest BCUT2D eigenvalue weighted by Gasteiger charge is 2.50. The summed E-state index contributed by atoms with van der Waals surface area (Å²) in [5.41, 5.74) is 0. The molecule has 2 unspecified atom stereocenters. The fraction of sp³-hybridized carbons (Fsp3) is 0.455. The first-order valence-electron chi connectivity index (χ1n) is 29.6. The minimum Gasteiger partial charge on any atom is -0.455 e. The van der Waals surface area contributed by atoms with Gasteiger partial charge in [0.2, 0.25) is 33.3 Å². The summed E-state index contributed by atoms with van der Waals surface area (Å²) in [5, 5.41) is 8.46. The summed E-state index contributed by atoms with van der Waals surface area (Å²) in [6, 6.07) is 74.0. The van der Waals surface area contributed by atoms with Gasteiger partial charge in [0.1, 0.15) is 0 Å². The molecule has 3 nitrogen and oxygen atoms in total. The van der Waals surface area contributed by atoms with Crippen LogP contribution in [0.15, 0.2) is 182 Å². The van der Waals surface area contributed by atoms with E-state index in [0.29, 0.717) is 0 Å². The molecule has 0 aliphatic rings. The van der Waals surface area contributed by atoms with Crippen LogP contribution in [0.1, 0.15) is 119 Å². The van der Waals surface area contributed by atoms with E-state index in [1.165, 1.54) is 107 Å². The maximum absolute atomic E-state index is 8.05. The predicted molar refractivity (Wildman–Crippen MR) is 348 cm³/mol. The van der Waals surface area contributed by atoms with E-state index in [2.05, 4.69) is 263 Å². The van der Waals surface area contributed by atoms with Gasteiger partial charge in [0.25, 0.3) is 0 Å². The van der Waals surface area contributed by atoms with Crippen molar-refractivity contribution < 1.29 is 12.3 Å². The molecule has 0 bridgehead atoms. The van der Waals surface area contributed by atoms with E-state index in [-0.39, 0.29) is 0 Å². The van der Waals surface area contributed by atoms with Gasteiger partial charge in [0.05, 0.1) is 0 Å². The molecule has 408 valence electrons. The zero-order chi connectivity index (χ0) is 54.5. The summed E-state index contributed by atoms with van der Waals surface area (Å²) in [5.74, 6) is 0. The molecule has 0 amide bonds. The van der Waals surface area contributed by atoms with Crippen molar-refractivity contribution in [3.63, 3.8) is 0 Å². The van der Waals surface area contributed by atoms with Gasteiger partial charge in [-0.15, -0.1) is 0 Å². The molecule has 0 heterocycles. The van der Waals surface area contributed by atoms with Gasteiger partial charge in [-0.2, -0.15) is 0 Å². The van der Waals surface area contributed by atoms with Crippen LogP contribution in [-0.4, -0.2) is 49.9 Å². The Balaban J connectivity index is 0.000000266. The molecule has 9 heteroatoms. The highest BCUT2D eigenvalue weighted by atomic mass is 28.4. The summed E-state index contributed by atoms with van der Waals surface area (Å²) in [4.78, 5) is 0. The van der Waals surface area contributed by atoms with Gasteiger partial charge < -0.3 is 12.3 Å². The van der Waals surface area contributed by atoms with Gasteiger partial charge in [-0.1, -0.05) is 301 Å². The van der Waals surface area contributed by atoms with Crippen LogP contribution >= 0.6 is 0 Å². The van der Waals surface area contributed by atoms with Gasteiger partial charge in [-0.05, 0) is 107 Å². The van der Waals surface area contributed by atoms with E-state index in [0.717, 1.165) is 37.8 Å². The molecule has 0 radical (unpaired) electrons. The molecule has 6 aromatic carbocycles. The highest BCUT2D eigenvalue weighted by molar-refractivity contribution is 7.09. The maximum Gasteiger partial charge on any atom is 0.245 e. The predicted octanol–water partition coefficient (Wildman–Crippen LogP) is 16.7. The Kier molecular flexibility index (Phi) is 28.2. The van der Waals surface area contributed by atoms with Crippen LogP contribution in [0.4, 0.5) is 0 Å². The molecule has 2 atom stereocenters. The molecule has 0 saturated heterocycles. The Morgan fingerprint density at radius 2 is 0.453 bits per heavy atom. The molecule has 0 aromatic heterocycles. The normalized spacial score (nSPS) is 13.6. The quantitative estimate of drug-likeness (QED) is 0.0421. The first-order valence-corrected chi connectivity index (χ1v) is 45.2. The van der Waals surface area contributed by atoms with Gasteiger partial charge in [-0.25, -0.2) is 0 Å². The molecule has 0 saturated carbocycles. The van der Waals surface area contributed by atoms with Crippen molar-refractivity contribution in [1.29, 1.82) is 0 Å². The lowest BCUT2D eigenvalue weighted by atomic mass is 10.4. The zero-order valence-corrected chi connectivity index (χ0v) is 55.3. The third-order valence-electron chi connectivity index (χ3n) is 15.1. The van der Waals surface area contributed by atoms with E-state index >= 15 is 0 Å². The molecule has 0 fully saturated rings. The van der Waals surface area contributed by atoms with Gasteiger partial charge in [-0.3, -0.25) is 0 Å². The molecular weight excluding hydrogens is 1010 g/mol. The lowest BCUT2D eigenvalue weighted by Crippen LogP contribution is -2.72. The van der Waals surface area contributed by atoms with Gasteiger partial charge in [0, 0.05) is 0 Å². The smallest absolute Gasteiger partial charge is 0.245 e. The van der Waals surface area contributed by atoms with Gasteiger partial charge in [0.15, 0.2) is 16.6 Å². The molecule has 75 heavy (non-hydrogen) atoms. The SMILES string of the molecule is CCCC[Si](C)(C)O[Si](C)(C)CCCC.CCCC[Si](C)(O[Si](C)(CCCC)c1ccccc1)c1ccccc1.CCCC[Si](O[Si](CCCC)(c1ccccc1)c1ccccc1)(c1ccccc1)c1ccccc1. The number of unbranched alkanes of at least 4 members (excludes halogenated alkanes) is 6. The standard InChI is InChI=1S/C32H38OSi2.C22H34OSi2.C12H30OSi2/c1-3-5-27-34(29-19-11-7-12-20-29,30-21-13-8-14-22-30)33-35(28-6-4-2,31-23-15-9-16-24-31)32-25-17-10-18-26-32;1-5-7-19-24(3,21-15-11-9-12-16-21)23-25(4,20-8-6-2)22-17-13-10-14-18-22;1-7-9-11-14(3,4)13-15(5,6)12-10-8-2/h7-26H,3-6,27-28H2,1-2H3;9-18H,5-8,19-20H2,1-4H3;7-12H2,1-6H3. The summed E-state index contributed by atoms with van der Waals surface area (Å²) in [6.07, 6.45) is 14.9. The second-order valence-corrected chi connectivity index (χ2v) is 46.9. The maximum atomic E-state index is 8.05. The van der Waals surface area contributed by atoms with Crippen LogP contribution in [-0.2, 0) is 12.3 Å². The average Bonchev–Trinajstić information content (AvgIpc) is 3.44. The van der Waals surface area contributed by atoms with E-state index < -0.39 is 49.9 Å². The minimum absolute atomic E-state index is 1.10. The van der Waals surface area contributed by atoms with Crippen molar-refractivity contribution >= 4 is 81.0 Å². The lowest BCUT2D eigenvalue weighted by molar-refractivity contribution is 0.528. The minimum atomic E-state index is -2.56. The third-order valence-corrected chi connectivity index (χ3v) is 42.0. The Morgan fingerprint density at radius 1 is 0.240 bits per heavy atom. The first kappa shape index (κ1) is 64.0.